The maximum atomic E-state index is 6.23. The van der Waals surface area contributed by atoms with E-state index in [9.17, 15) is 0 Å². The largest absolute Gasteiger partial charge is 0.497 e. The lowest BCUT2D eigenvalue weighted by atomic mass is 9.90. The lowest BCUT2D eigenvalue weighted by molar-refractivity contribution is -0.0532. The average Bonchev–Trinajstić information content (AvgIpc) is 3.46. The summed E-state index contributed by atoms with van der Waals surface area (Å²) in [5.74, 6) is 2.49. The molecule has 2 aromatic heterocycles. The van der Waals surface area contributed by atoms with Crippen molar-refractivity contribution >= 4 is 16.9 Å². The van der Waals surface area contributed by atoms with Gasteiger partial charge in [0, 0.05) is 37.6 Å². The Morgan fingerprint density at radius 1 is 1.16 bits per heavy atom. The van der Waals surface area contributed by atoms with E-state index in [1.165, 1.54) is 5.56 Å². The van der Waals surface area contributed by atoms with Crippen LogP contribution in [0.25, 0.3) is 22.3 Å². The first-order valence-electron chi connectivity index (χ1n) is 10.5. The van der Waals surface area contributed by atoms with E-state index in [1.807, 2.05) is 48.1 Å². The fourth-order valence-corrected chi connectivity index (χ4v) is 4.17. The first-order chi connectivity index (χ1) is 15.1. The molecule has 5 rings (SSSR count). The lowest BCUT2D eigenvalue weighted by Crippen LogP contribution is -2.26. The van der Waals surface area contributed by atoms with Gasteiger partial charge in [0.05, 0.1) is 18.8 Å². The Morgan fingerprint density at radius 3 is 2.74 bits per heavy atom. The van der Waals surface area contributed by atoms with Crippen LogP contribution < -0.4 is 9.64 Å². The van der Waals surface area contributed by atoms with Crippen LogP contribution in [0.4, 0.5) is 5.95 Å². The summed E-state index contributed by atoms with van der Waals surface area (Å²) in [6, 6.07) is 14.5. The summed E-state index contributed by atoms with van der Waals surface area (Å²) >= 11 is 0. The molecule has 160 valence electrons. The van der Waals surface area contributed by atoms with E-state index < -0.39 is 0 Å². The summed E-state index contributed by atoms with van der Waals surface area (Å²) in [5, 5.41) is 13.0. The summed E-state index contributed by atoms with van der Waals surface area (Å²) in [6.07, 6.45) is 3.84. The minimum Gasteiger partial charge on any atom is -0.497 e. The third kappa shape index (κ3) is 3.63. The van der Waals surface area contributed by atoms with Gasteiger partial charge >= 0.3 is 0 Å². The number of hydrogen-bond donors (Lipinski definition) is 1. The summed E-state index contributed by atoms with van der Waals surface area (Å²) < 4.78 is 13.6. The summed E-state index contributed by atoms with van der Waals surface area (Å²) in [7, 11) is 5.55. The minimum absolute atomic E-state index is 0.144. The molecule has 31 heavy (non-hydrogen) atoms. The van der Waals surface area contributed by atoms with Crippen LogP contribution in [0.2, 0.25) is 0 Å². The highest BCUT2D eigenvalue weighted by molar-refractivity contribution is 5.83. The van der Waals surface area contributed by atoms with Crippen molar-refractivity contribution in [3.05, 3.63) is 54.2 Å². The van der Waals surface area contributed by atoms with Crippen molar-refractivity contribution in [2.75, 3.05) is 32.7 Å². The highest BCUT2D eigenvalue weighted by Gasteiger charge is 2.30. The number of nitrogens with zero attached hydrogens (tertiary/aromatic N) is 5. The van der Waals surface area contributed by atoms with E-state index >= 15 is 0 Å². The van der Waals surface area contributed by atoms with Gasteiger partial charge in [-0.25, -0.2) is 9.78 Å². The van der Waals surface area contributed by atoms with Crippen molar-refractivity contribution in [2.24, 2.45) is 0 Å². The SMILES string of the molecule is COc1ccc(C2CCCOC2n2ncc3cc(-c4n[nH]c(N(C)C)n4)ccc32)cc1. The second kappa shape index (κ2) is 8.03. The third-order valence-corrected chi connectivity index (χ3v) is 5.83. The van der Waals surface area contributed by atoms with Gasteiger partial charge in [-0.15, -0.1) is 0 Å². The lowest BCUT2D eigenvalue weighted by Gasteiger charge is -2.32. The summed E-state index contributed by atoms with van der Waals surface area (Å²) in [6.45, 7) is 0.737. The van der Waals surface area contributed by atoms with Gasteiger partial charge in [0.1, 0.15) is 5.75 Å². The first-order valence-corrected chi connectivity index (χ1v) is 10.5. The van der Waals surface area contributed by atoms with Gasteiger partial charge in [0.25, 0.3) is 0 Å². The summed E-state index contributed by atoms with van der Waals surface area (Å²) in [5.41, 5.74) is 3.23. The van der Waals surface area contributed by atoms with E-state index in [2.05, 4.69) is 39.4 Å². The van der Waals surface area contributed by atoms with Crippen LogP contribution in [-0.4, -0.2) is 52.8 Å². The molecule has 0 saturated carbocycles. The Bertz CT molecular complexity index is 1180. The van der Waals surface area contributed by atoms with Gasteiger partial charge in [-0.05, 0) is 48.7 Å². The topological polar surface area (TPSA) is 81.1 Å². The number of aromatic amines is 1. The Morgan fingerprint density at radius 2 is 2.00 bits per heavy atom. The molecule has 1 fully saturated rings. The van der Waals surface area contributed by atoms with E-state index in [4.69, 9.17) is 14.6 Å². The molecule has 0 spiro atoms. The first kappa shape index (κ1) is 19.6. The zero-order valence-electron chi connectivity index (χ0n) is 17.9. The van der Waals surface area contributed by atoms with Crippen molar-refractivity contribution < 1.29 is 9.47 Å². The Kier molecular flexibility index (Phi) is 5.07. The number of anilines is 1. The van der Waals surface area contributed by atoms with Crippen LogP contribution in [-0.2, 0) is 4.74 Å². The monoisotopic (exact) mass is 418 g/mol. The molecular formula is C23H26N6O2. The van der Waals surface area contributed by atoms with Crippen LogP contribution in [0, 0.1) is 0 Å². The quantitative estimate of drug-likeness (QED) is 0.528. The van der Waals surface area contributed by atoms with Crippen molar-refractivity contribution in [3.8, 4) is 17.1 Å². The van der Waals surface area contributed by atoms with Crippen LogP contribution in [0.1, 0.15) is 30.6 Å². The Balaban J connectivity index is 1.48. The zero-order valence-corrected chi connectivity index (χ0v) is 17.9. The Labute approximate surface area is 180 Å². The van der Waals surface area contributed by atoms with Crippen LogP contribution in [0.3, 0.4) is 0 Å². The molecule has 1 aliphatic heterocycles. The van der Waals surface area contributed by atoms with Crippen molar-refractivity contribution in [2.45, 2.75) is 25.0 Å². The normalized spacial score (nSPS) is 18.9. The molecule has 0 radical (unpaired) electrons. The molecule has 2 unspecified atom stereocenters. The molecule has 1 N–H and O–H groups in total. The van der Waals surface area contributed by atoms with Crippen LogP contribution in [0.15, 0.2) is 48.7 Å². The van der Waals surface area contributed by atoms with Gasteiger partial charge in [-0.2, -0.15) is 15.2 Å². The number of H-pyrrole nitrogens is 1. The predicted molar refractivity (Wildman–Crippen MR) is 119 cm³/mol. The molecule has 0 amide bonds. The molecule has 0 aliphatic carbocycles. The fraction of sp³-hybridized carbons (Fsp3) is 0.348. The number of rotatable bonds is 5. The number of hydrogen-bond acceptors (Lipinski definition) is 6. The third-order valence-electron chi connectivity index (χ3n) is 5.83. The molecule has 1 saturated heterocycles. The van der Waals surface area contributed by atoms with Crippen molar-refractivity contribution in [3.63, 3.8) is 0 Å². The second-order valence-corrected chi connectivity index (χ2v) is 8.02. The highest BCUT2D eigenvalue weighted by Crippen LogP contribution is 2.39. The molecule has 3 heterocycles. The van der Waals surface area contributed by atoms with Gasteiger partial charge in [-0.3, -0.25) is 0 Å². The maximum absolute atomic E-state index is 6.23. The van der Waals surface area contributed by atoms with Crippen LogP contribution >= 0.6 is 0 Å². The average molecular weight is 419 g/mol. The van der Waals surface area contributed by atoms with Gasteiger partial charge in [-0.1, -0.05) is 12.1 Å². The maximum Gasteiger partial charge on any atom is 0.221 e. The van der Waals surface area contributed by atoms with Gasteiger partial charge < -0.3 is 14.4 Å². The molecule has 8 heteroatoms. The van der Waals surface area contributed by atoms with E-state index in [0.29, 0.717) is 5.82 Å². The van der Waals surface area contributed by atoms with E-state index in [-0.39, 0.29) is 12.1 Å². The fourth-order valence-electron chi connectivity index (χ4n) is 4.17. The molecule has 2 aromatic carbocycles. The number of ether oxygens (including phenoxy) is 2. The Hall–Kier alpha value is -3.39. The zero-order chi connectivity index (χ0) is 21.4. The smallest absolute Gasteiger partial charge is 0.221 e. The molecule has 0 bridgehead atoms. The molecule has 4 aromatic rings. The molecular weight excluding hydrogens is 392 g/mol. The van der Waals surface area contributed by atoms with E-state index in [1.54, 1.807) is 7.11 Å². The van der Waals surface area contributed by atoms with Crippen molar-refractivity contribution in [1.82, 2.24) is 25.0 Å². The number of benzene rings is 2. The standard InChI is InChI=1S/C23H26N6O2/c1-28(2)23-25-21(26-27-23)16-8-11-20-17(13-16)14-24-29(20)22-19(5-4-12-31-22)15-6-9-18(30-3)10-7-15/h6-11,13-14,19,22H,4-5,12H2,1-3H3,(H,25,26,27). The number of fused-ring (bicyclic) bond motifs is 1. The minimum atomic E-state index is -0.144. The van der Waals surface area contributed by atoms with Gasteiger partial charge in [0.15, 0.2) is 12.1 Å². The number of nitrogens with one attached hydrogen (secondary N) is 1. The highest BCUT2D eigenvalue weighted by atomic mass is 16.5. The van der Waals surface area contributed by atoms with Crippen LogP contribution in [0.5, 0.6) is 5.75 Å². The van der Waals surface area contributed by atoms with E-state index in [0.717, 1.165) is 47.6 Å². The van der Waals surface area contributed by atoms with Gasteiger partial charge in [0.2, 0.25) is 5.95 Å². The molecule has 8 nitrogen and oxygen atoms in total. The molecule has 1 aliphatic rings. The number of methoxy groups -OCH3 is 1. The second-order valence-electron chi connectivity index (χ2n) is 8.02. The van der Waals surface area contributed by atoms with Crippen molar-refractivity contribution in [1.29, 1.82) is 0 Å². The predicted octanol–water partition coefficient (Wildman–Crippen LogP) is 3.99. The molecule has 2 atom stereocenters. The summed E-state index contributed by atoms with van der Waals surface area (Å²) in [4.78, 5) is 6.44. The number of aromatic nitrogens is 5.